The molecule has 0 aliphatic carbocycles. The first-order valence-electron chi connectivity index (χ1n) is 5.06. The van der Waals surface area contributed by atoms with Crippen LogP contribution in [0.1, 0.15) is 0 Å². The van der Waals surface area contributed by atoms with Gasteiger partial charge in [0.15, 0.2) is 0 Å². The molecule has 1 rings (SSSR count). The number of nitrogens with zero attached hydrogens (tertiary/aromatic N) is 1. The van der Waals surface area contributed by atoms with E-state index in [1.807, 2.05) is 0 Å². The van der Waals surface area contributed by atoms with Crippen molar-refractivity contribution in [2.75, 3.05) is 38.0 Å². The highest BCUT2D eigenvalue weighted by atomic mass is 32.2. The SMILES string of the molecule is O=C(CN1CSCC1=O)NC(CO)(CO)CO. The van der Waals surface area contributed by atoms with E-state index in [1.54, 1.807) is 0 Å². The van der Waals surface area contributed by atoms with Crippen molar-refractivity contribution in [1.29, 1.82) is 0 Å². The summed E-state index contributed by atoms with van der Waals surface area (Å²) in [4.78, 5) is 24.2. The molecule has 1 fully saturated rings. The van der Waals surface area contributed by atoms with Crippen LogP contribution in [0.4, 0.5) is 0 Å². The van der Waals surface area contributed by atoms with E-state index in [2.05, 4.69) is 5.32 Å². The summed E-state index contributed by atoms with van der Waals surface area (Å²) in [6.45, 7) is -1.86. The third kappa shape index (κ3) is 3.56. The fourth-order valence-electron chi connectivity index (χ4n) is 1.32. The first-order valence-corrected chi connectivity index (χ1v) is 6.21. The monoisotopic (exact) mass is 264 g/mol. The predicted octanol–water partition coefficient (Wildman–Crippen LogP) is -2.65. The largest absolute Gasteiger partial charge is 0.394 e. The average Bonchev–Trinajstić information content (AvgIpc) is 2.72. The van der Waals surface area contributed by atoms with Gasteiger partial charge in [0.2, 0.25) is 11.8 Å². The second kappa shape index (κ2) is 6.20. The van der Waals surface area contributed by atoms with Crippen molar-refractivity contribution < 1.29 is 24.9 Å². The number of carbonyl (C=O) groups excluding carboxylic acids is 2. The topological polar surface area (TPSA) is 110 Å². The zero-order valence-corrected chi connectivity index (χ0v) is 10.1. The average molecular weight is 264 g/mol. The summed E-state index contributed by atoms with van der Waals surface area (Å²) in [6, 6.07) is 0. The molecule has 7 nitrogen and oxygen atoms in total. The van der Waals surface area contributed by atoms with Crippen molar-refractivity contribution in [2.45, 2.75) is 5.54 Å². The van der Waals surface area contributed by atoms with Crippen LogP contribution in [0.5, 0.6) is 0 Å². The van der Waals surface area contributed by atoms with Crippen molar-refractivity contribution in [2.24, 2.45) is 0 Å². The van der Waals surface area contributed by atoms with Gasteiger partial charge < -0.3 is 25.5 Å². The number of carbonyl (C=O) groups is 2. The Bertz CT molecular complexity index is 287. The fraction of sp³-hybridized carbons (Fsp3) is 0.778. The number of nitrogens with one attached hydrogen (secondary N) is 1. The van der Waals surface area contributed by atoms with Crippen LogP contribution < -0.4 is 5.32 Å². The molecule has 0 unspecified atom stereocenters. The lowest BCUT2D eigenvalue weighted by molar-refractivity contribution is -0.134. The molecular weight excluding hydrogens is 248 g/mol. The number of aliphatic hydroxyl groups excluding tert-OH is 3. The highest BCUT2D eigenvalue weighted by Crippen LogP contribution is 2.14. The molecule has 1 aliphatic heterocycles. The molecule has 4 N–H and O–H groups in total. The highest BCUT2D eigenvalue weighted by Gasteiger charge is 2.31. The zero-order chi connectivity index (χ0) is 12.9. The Morgan fingerprint density at radius 1 is 1.35 bits per heavy atom. The smallest absolute Gasteiger partial charge is 0.240 e. The van der Waals surface area contributed by atoms with Crippen molar-refractivity contribution in [3.05, 3.63) is 0 Å². The van der Waals surface area contributed by atoms with Gasteiger partial charge in [-0.05, 0) is 0 Å². The van der Waals surface area contributed by atoms with Crippen LogP contribution in [0.2, 0.25) is 0 Å². The number of hydrogen-bond acceptors (Lipinski definition) is 6. The molecule has 98 valence electrons. The van der Waals surface area contributed by atoms with E-state index in [4.69, 9.17) is 15.3 Å². The van der Waals surface area contributed by atoms with Crippen molar-refractivity contribution in [3.8, 4) is 0 Å². The van der Waals surface area contributed by atoms with E-state index in [-0.39, 0.29) is 12.5 Å². The molecule has 1 heterocycles. The van der Waals surface area contributed by atoms with Gasteiger partial charge in [-0.2, -0.15) is 0 Å². The first kappa shape index (κ1) is 14.2. The van der Waals surface area contributed by atoms with Crippen LogP contribution >= 0.6 is 11.8 Å². The fourth-order valence-corrected chi connectivity index (χ4v) is 2.22. The summed E-state index contributed by atoms with van der Waals surface area (Å²) in [6.07, 6.45) is 0. The molecule has 0 aromatic rings. The van der Waals surface area contributed by atoms with Gasteiger partial charge in [-0.15, -0.1) is 11.8 Å². The maximum atomic E-state index is 11.6. The lowest BCUT2D eigenvalue weighted by atomic mass is 10.0. The molecule has 0 bridgehead atoms. The van der Waals surface area contributed by atoms with E-state index in [0.29, 0.717) is 11.6 Å². The summed E-state index contributed by atoms with van der Waals surface area (Å²) in [5.74, 6) is 0.181. The minimum Gasteiger partial charge on any atom is -0.394 e. The second-order valence-corrected chi connectivity index (χ2v) is 4.83. The summed E-state index contributed by atoms with van der Waals surface area (Å²) in [7, 11) is 0. The molecule has 8 heteroatoms. The molecule has 0 saturated carbocycles. The Balaban J connectivity index is 2.50. The van der Waals surface area contributed by atoms with Crippen LogP contribution in [0.25, 0.3) is 0 Å². The van der Waals surface area contributed by atoms with Crippen LogP contribution in [-0.2, 0) is 9.59 Å². The van der Waals surface area contributed by atoms with E-state index in [0.717, 1.165) is 0 Å². The summed E-state index contributed by atoms with van der Waals surface area (Å²) in [5, 5.41) is 29.4. The number of hydrogen-bond donors (Lipinski definition) is 4. The minimum absolute atomic E-state index is 0.118. The Kier molecular flexibility index (Phi) is 5.19. The van der Waals surface area contributed by atoms with Gasteiger partial charge in [0.05, 0.1) is 31.5 Å². The molecular formula is C9H16N2O5S. The van der Waals surface area contributed by atoms with Gasteiger partial charge in [0, 0.05) is 0 Å². The Morgan fingerprint density at radius 3 is 2.35 bits per heavy atom. The number of amides is 2. The Morgan fingerprint density at radius 2 is 1.94 bits per heavy atom. The Hall–Kier alpha value is -0.830. The molecule has 0 spiro atoms. The van der Waals surface area contributed by atoms with Gasteiger partial charge in [-0.25, -0.2) is 0 Å². The molecule has 17 heavy (non-hydrogen) atoms. The molecule has 0 aromatic heterocycles. The summed E-state index contributed by atoms with van der Waals surface area (Å²) in [5.41, 5.74) is -1.44. The predicted molar refractivity (Wildman–Crippen MR) is 61.2 cm³/mol. The molecule has 2 amide bonds. The maximum Gasteiger partial charge on any atom is 0.240 e. The number of thioether (sulfide) groups is 1. The Labute approximate surface area is 103 Å². The quantitative estimate of drug-likeness (QED) is 0.417. The summed E-state index contributed by atoms with van der Waals surface area (Å²) >= 11 is 1.42. The third-order valence-electron chi connectivity index (χ3n) is 2.47. The third-order valence-corrected chi connectivity index (χ3v) is 3.42. The lowest BCUT2D eigenvalue weighted by Gasteiger charge is -2.29. The zero-order valence-electron chi connectivity index (χ0n) is 9.26. The van der Waals surface area contributed by atoms with Crippen LogP contribution in [0, 0.1) is 0 Å². The van der Waals surface area contributed by atoms with Crippen molar-refractivity contribution in [1.82, 2.24) is 10.2 Å². The van der Waals surface area contributed by atoms with Crippen LogP contribution in [-0.4, -0.2) is 75.6 Å². The molecule has 0 radical (unpaired) electrons. The van der Waals surface area contributed by atoms with E-state index in [9.17, 15) is 9.59 Å². The second-order valence-electron chi connectivity index (χ2n) is 3.87. The van der Waals surface area contributed by atoms with Crippen molar-refractivity contribution >= 4 is 23.6 Å². The molecule has 0 atom stereocenters. The normalized spacial score (nSPS) is 16.4. The van der Waals surface area contributed by atoms with Gasteiger partial charge in [0.1, 0.15) is 12.1 Å². The van der Waals surface area contributed by atoms with E-state index >= 15 is 0 Å². The van der Waals surface area contributed by atoms with Crippen LogP contribution in [0.3, 0.4) is 0 Å². The van der Waals surface area contributed by atoms with Crippen LogP contribution in [0.15, 0.2) is 0 Å². The molecule has 1 saturated heterocycles. The number of aliphatic hydroxyl groups is 3. The molecule has 0 aromatic carbocycles. The van der Waals surface area contributed by atoms with E-state index < -0.39 is 31.3 Å². The van der Waals surface area contributed by atoms with Crippen molar-refractivity contribution in [3.63, 3.8) is 0 Å². The summed E-state index contributed by atoms with van der Waals surface area (Å²) < 4.78 is 0. The first-order chi connectivity index (χ1) is 8.06. The van der Waals surface area contributed by atoms with Gasteiger partial charge >= 0.3 is 0 Å². The maximum absolute atomic E-state index is 11.6. The van der Waals surface area contributed by atoms with Gasteiger partial charge in [-0.3, -0.25) is 9.59 Å². The van der Waals surface area contributed by atoms with Gasteiger partial charge in [0.25, 0.3) is 0 Å². The standard InChI is InChI=1S/C9H16N2O5S/c12-3-9(4-13,5-14)10-7(15)1-11-6-17-2-8(11)16/h12-14H,1-6H2,(H,10,15). The van der Waals surface area contributed by atoms with E-state index in [1.165, 1.54) is 16.7 Å². The minimum atomic E-state index is -1.44. The molecule has 1 aliphatic rings. The van der Waals surface area contributed by atoms with Gasteiger partial charge in [-0.1, -0.05) is 0 Å². The lowest BCUT2D eigenvalue weighted by Crippen LogP contribution is -2.58. The highest BCUT2D eigenvalue weighted by molar-refractivity contribution is 8.00. The number of rotatable bonds is 6.